The topological polar surface area (TPSA) is 80.8 Å². The van der Waals surface area contributed by atoms with Crippen LogP contribution >= 0.6 is 39.1 Å². The third-order valence-corrected chi connectivity index (χ3v) is 10.0. The summed E-state index contributed by atoms with van der Waals surface area (Å²) in [5.74, 6) is 0. The van der Waals surface area contributed by atoms with Gasteiger partial charge in [-0.3, -0.25) is 9.80 Å². The molecule has 6 rings (SSSR count). The molecular formula is C38H57BrCl2N6O4. The minimum absolute atomic E-state index is 0.208. The summed E-state index contributed by atoms with van der Waals surface area (Å²) < 4.78 is 11.9. The lowest BCUT2D eigenvalue weighted by molar-refractivity contribution is 0.0129. The maximum atomic E-state index is 12.2. The first-order valence-electron chi connectivity index (χ1n) is 18.1. The Morgan fingerprint density at radius 2 is 1.08 bits per heavy atom. The van der Waals surface area contributed by atoms with Gasteiger partial charge in [0.05, 0.1) is 0 Å². The molecule has 2 amide bonds. The standard InChI is InChI=1S/C19H28ClN3O2.C16H22BrClN2O2.C3H7N/c1-19(2,3)25-18(24)23-11-9-21(10-12-23)14-15-5-6-16(20)13-17(15)22-7-4-8-22;1-16(2,3)22-15(21)20-8-6-19(7-9-20)11-12-4-5-13(18)10-14(12)17;1-2-4-3-1/h5-6,13H,4,7-12,14H2,1-3H3;4-5,10H,6-9,11H2,1-3H3;4H,1-3H2. The first-order chi connectivity index (χ1) is 24.1. The van der Waals surface area contributed by atoms with Gasteiger partial charge in [-0.05, 0) is 103 Å². The van der Waals surface area contributed by atoms with Crippen molar-refractivity contribution in [3.63, 3.8) is 0 Å². The summed E-state index contributed by atoms with van der Waals surface area (Å²) in [5.41, 5.74) is 2.89. The number of benzene rings is 2. The third-order valence-electron chi connectivity index (χ3n) is 8.80. The lowest BCUT2D eigenvalue weighted by atomic mass is 10.1. The fourth-order valence-corrected chi connectivity index (χ4v) is 6.64. The van der Waals surface area contributed by atoms with Gasteiger partial charge in [-0.25, -0.2) is 9.59 Å². The van der Waals surface area contributed by atoms with Crippen LogP contribution in [0.4, 0.5) is 15.3 Å². The molecule has 284 valence electrons. The van der Waals surface area contributed by atoms with Crippen LogP contribution in [0, 0.1) is 0 Å². The molecule has 0 bridgehead atoms. The molecular weight excluding hydrogens is 755 g/mol. The summed E-state index contributed by atoms with van der Waals surface area (Å²) in [6.45, 7) is 24.0. The maximum Gasteiger partial charge on any atom is 0.410 e. The van der Waals surface area contributed by atoms with Crippen LogP contribution < -0.4 is 10.2 Å². The molecule has 10 nitrogen and oxygen atoms in total. The van der Waals surface area contributed by atoms with E-state index in [2.05, 4.69) is 48.1 Å². The molecule has 51 heavy (non-hydrogen) atoms. The second-order valence-corrected chi connectivity index (χ2v) is 17.2. The van der Waals surface area contributed by atoms with E-state index < -0.39 is 11.2 Å². The average molecular weight is 813 g/mol. The fourth-order valence-electron chi connectivity index (χ4n) is 5.66. The van der Waals surface area contributed by atoms with E-state index in [9.17, 15) is 9.59 Å². The van der Waals surface area contributed by atoms with Gasteiger partial charge in [-0.1, -0.05) is 51.3 Å². The highest BCUT2D eigenvalue weighted by Crippen LogP contribution is 2.30. The van der Waals surface area contributed by atoms with E-state index in [1.54, 1.807) is 9.80 Å². The number of carbonyl (C=O) groups excluding carboxylic acids is 2. The maximum absolute atomic E-state index is 12.2. The number of rotatable bonds is 5. The van der Waals surface area contributed by atoms with Crippen molar-refractivity contribution in [2.45, 2.75) is 78.7 Å². The van der Waals surface area contributed by atoms with Crippen LogP contribution in [0.25, 0.3) is 0 Å². The number of hydrogen-bond donors (Lipinski definition) is 1. The van der Waals surface area contributed by atoms with Gasteiger partial charge in [0.15, 0.2) is 0 Å². The largest absolute Gasteiger partial charge is 0.444 e. The van der Waals surface area contributed by atoms with Crippen molar-refractivity contribution in [3.05, 3.63) is 62.0 Å². The summed E-state index contributed by atoms with van der Waals surface area (Å²) in [4.78, 5) is 34.9. The van der Waals surface area contributed by atoms with Gasteiger partial charge in [0.25, 0.3) is 0 Å². The summed E-state index contributed by atoms with van der Waals surface area (Å²) >= 11 is 15.7. The lowest BCUT2D eigenvalue weighted by Crippen LogP contribution is -2.49. The molecule has 0 spiro atoms. The van der Waals surface area contributed by atoms with E-state index >= 15 is 0 Å². The number of nitrogens with one attached hydrogen (secondary N) is 1. The number of amides is 2. The molecule has 2 aromatic carbocycles. The van der Waals surface area contributed by atoms with E-state index in [-0.39, 0.29) is 12.2 Å². The third kappa shape index (κ3) is 14.2. The number of piperazine rings is 2. The van der Waals surface area contributed by atoms with Crippen LogP contribution in [-0.4, -0.2) is 122 Å². The minimum atomic E-state index is -0.442. The second-order valence-electron chi connectivity index (χ2n) is 15.4. The van der Waals surface area contributed by atoms with Gasteiger partial charge in [0, 0.05) is 98.7 Å². The van der Waals surface area contributed by atoms with E-state index in [1.807, 2.05) is 65.8 Å². The monoisotopic (exact) mass is 810 g/mol. The molecule has 4 aliphatic rings. The average Bonchev–Trinajstić information content (AvgIpc) is 2.98. The summed E-state index contributed by atoms with van der Waals surface area (Å²) in [6.07, 6.45) is 2.21. The SMILES string of the molecule is C1CNC1.CC(C)(C)OC(=O)N1CCN(Cc2ccc(Cl)cc2Br)CC1.CC(C)(C)OC(=O)N1CCN(Cc2ccc(Cl)cc2N2CCC2)CC1. The van der Waals surface area contributed by atoms with Crippen molar-refractivity contribution in [1.29, 1.82) is 0 Å². The van der Waals surface area contributed by atoms with Gasteiger partial charge < -0.3 is 29.5 Å². The van der Waals surface area contributed by atoms with Crippen molar-refractivity contribution in [2.24, 2.45) is 0 Å². The quantitative estimate of drug-likeness (QED) is 0.329. The van der Waals surface area contributed by atoms with Gasteiger partial charge >= 0.3 is 12.2 Å². The first-order valence-corrected chi connectivity index (χ1v) is 19.7. The van der Waals surface area contributed by atoms with E-state index in [1.165, 1.54) is 42.7 Å². The zero-order valence-electron chi connectivity index (χ0n) is 31.3. The Bertz CT molecular complexity index is 1420. The van der Waals surface area contributed by atoms with Crippen LogP contribution in [-0.2, 0) is 22.6 Å². The number of carbonyl (C=O) groups is 2. The predicted octanol–water partition coefficient (Wildman–Crippen LogP) is 7.74. The van der Waals surface area contributed by atoms with Crippen molar-refractivity contribution in [1.82, 2.24) is 24.9 Å². The number of ether oxygens (including phenoxy) is 2. The molecule has 4 heterocycles. The second kappa shape index (κ2) is 19.2. The van der Waals surface area contributed by atoms with Crippen LogP contribution in [0.15, 0.2) is 40.9 Å². The molecule has 4 aliphatic heterocycles. The molecule has 4 saturated heterocycles. The summed E-state index contributed by atoms with van der Waals surface area (Å²) in [7, 11) is 0. The number of anilines is 1. The Morgan fingerprint density at radius 3 is 1.45 bits per heavy atom. The smallest absolute Gasteiger partial charge is 0.410 e. The molecule has 2 aromatic rings. The van der Waals surface area contributed by atoms with Gasteiger partial charge in [-0.15, -0.1) is 0 Å². The van der Waals surface area contributed by atoms with Crippen molar-refractivity contribution >= 4 is 57.0 Å². The van der Waals surface area contributed by atoms with Crippen molar-refractivity contribution < 1.29 is 19.1 Å². The zero-order chi connectivity index (χ0) is 37.2. The van der Waals surface area contributed by atoms with Crippen LogP contribution in [0.3, 0.4) is 0 Å². The van der Waals surface area contributed by atoms with E-state index in [0.717, 1.165) is 66.9 Å². The predicted molar refractivity (Wildman–Crippen MR) is 211 cm³/mol. The molecule has 4 fully saturated rings. The van der Waals surface area contributed by atoms with Crippen LogP contribution in [0.2, 0.25) is 10.0 Å². The molecule has 0 radical (unpaired) electrons. The zero-order valence-corrected chi connectivity index (χ0v) is 34.4. The fraction of sp³-hybridized carbons (Fsp3) is 0.632. The number of halogens is 3. The molecule has 13 heteroatoms. The van der Waals surface area contributed by atoms with Crippen LogP contribution in [0.5, 0.6) is 0 Å². The molecule has 0 aliphatic carbocycles. The highest BCUT2D eigenvalue weighted by atomic mass is 79.9. The Hall–Kier alpha value is -2.28. The van der Waals surface area contributed by atoms with Gasteiger partial charge in [0.2, 0.25) is 0 Å². The highest BCUT2D eigenvalue weighted by molar-refractivity contribution is 9.10. The van der Waals surface area contributed by atoms with E-state index in [0.29, 0.717) is 26.2 Å². The minimum Gasteiger partial charge on any atom is -0.444 e. The molecule has 0 aromatic heterocycles. The van der Waals surface area contributed by atoms with Gasteiger partial charge in [-0.2, -0.15) is 0 Å². The molecule has 1 N–H and O–H groups in total. The summed E-state index contributed by atoms with van der Waals surface area (Å²) in [5, 5.41) is 4.63. The van der Waals surface area contributed by atoms with Crippen molar-refractivity contribution in [3.8, 4) is 0 Å². The van der Waals surface area contributed by atoms with Crippen molar-refractivity contribution in [2.75, 3.05) is 83.4 Å². The number of hydrogen-bond acceptors (Lipinski definition) is 8. The van der Waals surface area contributed by atoms with Gasteiger partial charge in [0.1, 0.15) is 11.2 Å². The molecule has 0 unspecified atom stereocenters. The highest BCUT2D eigenvalue weighted by Gasteiger charge is 2.28. The Morgan fingerprint density at radius 1 is 0.667 bits per heavy atom. The summed E-state index contributed by atoms with van der Waals surface area (Å²) in [6, 6.07) is 12.0. The molecule has 0 atom stereocenters. The lowest BCUT2D eigenvalue weighted by Gasteiger charge is -2.38. The Kier molecular flexibility index (Phi) is 15.6. The number of nitrogens with zero attached hydrogens (tertiary/aromatic N) is 5. The molecule has 0 saturated carbocycles. The Labute approximate surface area is 323 Å². The van der Waals surface area contributed by atoms with Crippen LogP contribution in [0.1, 0.15) is 65.5 Å². The first kappa shape index (κ1) is 41.5. The van der Waals surface area contributed by atoms with E-state index in [4.69, 9.17) is 32.7 Å². The Balaban J connectivity index is 0.000000207. The normalized spacial score (nSPS) is 18.3.